The first-order valence-corrected chi connectivity index (χ1v) is 9.04. The molecule has 2 rings (SSSR count). The summed E-state index contributed by atoms with van der Waals surface area (Å²) in [5.41, 5.74) is 0. The summed E-state index contributed by atoms with van der Waals surface area (Å²) < 4.78 is 26.4. The molecular formula is C13H27N3O3S. The molecule has 2 N–H and O–H groups in total. The van der Waals surface area contributed by atoms with Crippen molar-refractivity contribution in [3.63, 3.8) is 0 Å². The minimum absolute atomic E-state index is 0.154. The first-order valence-electron chi connectivity index (χ1n) is 7.60. The third kappa shape index (κ3) is 3.71. The summed E-state index contributed by atoms with van der Waals surface area (Å²) in [5.74, 6) is 0.245. The van der Waals surface area contributed by atoms with Crippen LogP contribution in [0.1, 0.15) is 46.0 Å². The van der Waals surface area contributed by atoms with Crippen molar-refractivity contribution in [1.82, 2.24) is 14.1 Å². The fourth-order valence-electron chi connectivity index (χ4n) is 3.12. The number of hydrogen-bond acceptors (Lipinski definition) is 4. The number of rotatable bonds is 4. The Morgan fingerprint density at radius 3 is 2.15 bits per heavy atom. The zero-order chi connectivity index (χ0) is 14.8. The average Bonchev–Trinajstić information content (AvgIpc) is 2.43. The summed E-state index contributed by atoms with van der Waals surface area (Å²) in [4.78, 5) is 2.77. The van der Waals surface area contributed by atoms with Crippen LogP contribution in [0.25, 0.3) is 0 Å². The van der Waals surface area contributed by atoms with Crippen LogP contribution in [0.3, 0.4) is 0 Å². The van der Waals surface area contributed by atoms with Gasteiger partial charge in [0.05, 0.1) is 0 Å². The van der Waals surface area contributed by atoms with Crippen molar-refractivity contribution in [3.8, 4) is 0 Å². The van der Waals surface area contributed by atoms with Gasteiger partial charge in [-0.2, -0.15) is 12.7 Å². The lowest BCUT2D eigenvalue weighted by Crippen LogP contribution is -2.58. The molecule has 0 saturated carbocycles. The molecule has 0 aromatic heterocycles. The van der Waals surface area contributed by atoms with Gasteiger partial charge in [-0.25, -0.2) is 5.01 Å². The maximum Gasteiger partial charge on any atom is 0.292 e. The van der Waals surface area contributed by atoms with Gasteiger partial charge in [0, 0.05) is 31.8 Å². The Labute approximate surface area is 122 Å². The molecule has 0 aromatic carbocycles. The first-order chi connectivity index (χ1) is 9.44. The monoisotopic (exact) mass is 305 g/mol. The number of hydrogen-bond donors (Lipinski definition) is 2. The zero-order valence-corrected chi connectivity index (χ0v) is 13.3. The minimum atomic E-state index is -3.45. The summed E-state index contributed by atoms with van der Waals surface area (Å²) in [7, 11) is -3.45. The third-order valence-corrected chi connectivity index (χ3v) is 6.07. The Kier molecular flexibility index (Phi) is 5.42. The highest BCUT2D eigenvalue weighted by atomic mass is 32.2. The van der Waals surface area contributed by atoms with E-state index in [1.54, 1.807) is 0 Å². The maximum absolute atomic E-state index is 12.5. The molecule has 2 aliphatic rings. The van der Waals surface area contributed by atoms with Gasteiger partial charge < -0.3 is 5.11 Å². The molecule has 2 heterocycles. The van der Waals surface area contributed by atoms with Crippen LogP contribution >= 0.6 is 0 Å². The van der Waals surface area contributed by atoms with Crippen LogP contribution in [0.4, 0.5) is 0 Å². The van der Waals surface area contributed by atoms with Gasteiger partial charge in [0.2, 0.25) is 0 Å². The van der Waals surface area contributed by atoms with Crippen molar-refractivity contribution in [3.05, 3.63) is 0 Å². The lowest BCUT2D eigenvalue weighted by molar-refractivity contribution is 0.0745. The fourth-order valence-corrected chi connectivity index (χ4v) is 4.56. The third-order valence-electron chi connectivity index (χ3n) is 4.59. The Hall–Kier alpha value is -0.210. The molecule has 7 heteroatoms. The molecule has 0 radical (unpaired) electrons. The number of nitrogens with one attached hydrogen (secondary N) is 1. The molecule has 2 aliphatic heterocycles. The number of hydrazine groups is 1. The van der Waals surface area contributed by atoms with Crippen LogP contribution in [0.2, 0.25) is 0 Å². The quantitative estimate of drug-likeness (QED) is 0.802. The number of nitrogens with zero attached hydrogens (tertiary/aromatic N) is 2. The topological polar surface area (TPSA) is 72.9 Å². The summed E-state index contributed by atoms with van der Waals surface area (Å²) in [5, 5.41) is 11.0. The number of aliphatic hydroxyl groups excluding tert-OH is 1. The second-order valence-electron chi connectivity index (χ2n) is 6.16. The van der Waals surface area contributed by atoms with Gasteiger partial charge in [-0.05, 0) is 45.4 Å². The fraction of sp³-hybridized carbons (Fsp3) is 1.00. The second-order valence-corrected chi connectivity index (χ2v) is 7.81. The van der Waals surface area contributed by atoms with E-state index < -0.39 is 10.2 Å². The van der Waals surface area contributed by atoms with Gasteiger partial charge >= 0.3 is 0 Å². The summed E-state index contributed by atoms with van der Waals surface area (Å²) in [6.07, 6.45) is 4.69. The molecule has 2 atom stereocenters. The molecule has 2 saturated heterocycles. The molecule has 2 fully saturated rings. The van der Waals surface area contributed by atoms with Crippen molar-refractivity contribution in [2.24, 2.45) is 5.92 Å². The molecule has 6 nitrogen and oxygen atoms in total. The Bertz CT molecular complexity index is 397. The van der Waals surface area contributed by atoms with Crippen LogP contribution in [0, 0.1) is 5.92 Å². The van der Waals surface area contributed by atoms with Gasteiger partial charge in [-0.15, -0.1) is 4.83 Å². The Morgan fingerprint density at radius 1 is 1.10 bits per heavy atom. The van der Waals surface area contributed by atoms with Crippen molar-refractivity contribution in [1.29, 1.82) is 0 Å². The van der Waals surface area contributed by atoms with E-state index in [2.05, 4.69) is 18.7 Å². The standard InChI is InChI=1S/C13H27N3O3S/c1-11-4-3-5-12(2)16(11)14-20(18,19)15-8-6-13(10-17)7-9-15/h11-14,17H,3-10H2,1-2H3. The van der Waals surface area contributed by atoms with Crippen molar-refractivity contribution in [2.75, 3.05) is 19.7 Å². The van der Waals surface area contributed by atoms with Gasteiger partial charge in [0.25, 0.3) is 10.2 Å². The molecule has 2 unspecified atom stereocenters. The van der Waals surface area contributed by atoms with E-state index in [1.807, 2.05) is 5.01 Å². The molecule has 118 valence electrons. The van der Waals surface area contributed by atoms with E-state index in [9.17, 15) is 8.42 Å². The second kappa shape index (κ2) is 6.70. The largest absolute Gasteiger partial charge is 0.396 e. The minimum Gasteiger partial charge on any atom is -0.396 e. The maximum atomic E-state index is 12.5. The Balaban J connectivity index is 1.96. The highest BCUT2D eigenvalue weighted by Crippen LogP contribution is 2.23. The normalized spacial score (nSPS) is 31.6. The molecule has 20 heavy (non-hydrogen) atoms. The van der Waals surface area contributed by atoms with E-state index >= 15 is 0 Å². The van der Waals surface area contributed by atoms with Gasteiger partial charge in [-0.1, -0.05) is 6.42 Å². The molecule has 0 aliphatic carbocycles. The predicted molar refractivity (Wildman–Crippen MR) is 78.1 cm³/mol. The SMILES string of the molecule is CC1CCCC(C)N1NS(=O)(=O)N1CCC(CO)CC1. The van der Waals surface area contributed by atoms with Crippen molar-refractivity contribution in [2.45, 2.75) is 58.0 Å². The number of piperidine rings is 2. The predicted octanol–water partition coefficient (Wildman–Crippen LogP) is 0.703. The lowest BCUT2D eigenvalue weighted by Gasteiger charge is -2.40. The summed E-state index contributed by atoms with van der Waals surface area (Å²) in [6.45, 7) is 5.28. The van der Waals surface area contributed by atoms with Crippen molar-refractivity contribution < 1.29 is 13.5 Å². The van der Waals surface area contributed by atoms with Crippen LogP contribution < -0.4 is 4.83 Å². The van der Waals surface area contributed by atoms with Gasteiger partial charge in [0.15, 0.2) is 0 Å². The van der Waals surface area contributed by atoms with Gasteiger partial charge in [0.1, 0.15) is 0 Å². The smallest absolute Gasteiger partial charge is 0.292 e. The Morgan fingerprint density at radius 2 is 1.65 bits per heavy atom. The van der Waals surface area contributed by atoms with Crippen LogP contribution in [-0.2, 0) is 10.2 Å². The lowest BCUT2D eigenvalue weighted by atomic mass is 10.00. The summed E-state index contributed by atoms with van der Waals surface area (Å²) in [6, 6.07) is 0.479. The van der Waals surface area contributed by atoms with E-state index in [0.717, 1.165) is 32.1 Å². The van der Waals surface area contributed by atoms with Crippen LogP contribution in [0.15, 0.2) is 0 Å². The highest BCUT2D eigenvalue weighted by molar-refractivity contribution is 7.87. The molecule has 0 amide bonds. The summed E-state index contributed by atoms with van der Waals surface area (Å²) >= 11 is 0. The van der Waals surface area contributed by atoms with E-state index in [4.69, 9.17) is 5.11 Å². The van der Waals surface area contributed by atoms with E-state index in [1.165, 1.54) is 4.31 Å². The molecule has 0 bridgehead atoms. The molecule has 0 aromatic rings. The van der Waals surface area contributed by atoms with Crippen LogP contribution in [-0.4, -0.2) is 54.6 Å². The van der Waals surface area contributed by atoms with Gasteiger partial charge in [-0.3, -0.25) is 0 Å². The zero-order valence-electron chi connectivity index (χ0n) is 12.5. The molecule has 0 spiro atoms. The van der Waals surface area contributed by atoms with Crippen molar-refractivity contribution >= 4 is 10.2 Å². The first kappa shape index (κ1) is 16.2. The van der Waals surface area contributed by atoms with E-state index in [-0.39, 0.29) is 24.6 Å². The molecular weight excluding hydrogens is 278 g/mol. The highest BCUT2D eigenvalue weighted by Gasteiger charge is 2.33. The number of aliphatic hydroxyl groups is 1. The average molecular weight is 305 g/mol. The van der Waals surface area contributed by atoms with Crippen LogP contribution in [0.5, 0.6) is 0 Å². The van der Waals surface area contributed by atoms with E-state index in [0.29, 0.717) is 13.1 Å².